The number of aromatic hydroxyl groups is 1. The van der Waals surface area contributed by atoms with E-state index in [0.29, 0.717) is 60.9 Å². The minimum atomic E-state index is -0.645. The zero-order valence-electron chi connectivity index (χ0n) is 26.2. The molecule has 0 radical (unpaired) electrons. The molecule has 7 rings (SSSR count). The number of likely N-dealkylation sites (tertiary alicyclic amines) is 1. The third kappa shape index (κ3) is 5.30. The van der Waals surface area contributed by atoms with Crippen molar-refractivity contribution in [2.24, 2.45) is 5.41 Å². The number of halogens is 2. The van der Waals surface area contributed by atoms with Gasteiger partial charge in [0.15, 0.2) is 5.82 Å². The third-order valence-electron chi connectivity index (χ3n) is 10.2. The van der Waals surface area contributed by atoms with E-state index >= 15 is 4.39 Å². The Morgan fingerprint density at radius 3 is 2.78 bits per heavy atom. The largest absolute Gasteiger partial charge is 0.508 e. The van der Waals surface area contributed by atoms with Gasteiger partial charge in [0.1, 0.15) is 22.9 Å². The van der Waals surface area contributed by atoms with Crippen molar-refractivity contribution in [3.8, 4) is 35.2 Å². The van der Waals surface area contributed by atoms with Crippen LogP contribution in [0, 0.1) is 29.4 Å². The summed E-state index contributed by atoms with van der Waals surface area (Å²) in [6.07, 6.45) is 11.0. The molecule has 1 saturated carbocycles. The quantitative estimate of drug-likeness (QED) is 0.264. The number of nitrogens with zero attached hydrogens (tertiary/aromatic N) is 4. The summed E-state index contributed by atoms with van der Waals surface area (Å²) < 4.78 is 49.6. The molecule has 1 N–H and O–H groups in total. The summed E-state index contributed by atoms with van der Waals surface area (Å²) in [7, 11) is 3.82. The third-order valence-corrected chi connectivity index (χ3v) is 10.2. The first-order chi connectivity index (χ1) is 22.3. The van der Waals surface area contributed by atoms with Gasteiger partial charge in [-0.1, -0.05) is 24.5 Å². The molecular formula is C36H38F2N4O4. The van der Waals surface area contributed by atoms with Crippen molar-refractivity contribution in [3.05, 3.63) is 53.6 Å². The number of fused-ring (bicyclic) bond motifs is 3. The second-order valence-electron chi connectivity index (χ2n) is 12.8. The molecule has 1 aliphatic carbocycles. The van der Waals surface area contributed by atoms with E-state index in [1.807, 2.05) is 4.90 Å². The van der Waals surface area contributed by atoms with E-state index in [1.165, 1.54) is 24.3 Å². The van der Waals surface area contributed by atoms with Gasteiger partial charge in [-0.15, -0.1) is 6.42 Å². The Morgan fingerprint density at radius 2 is 1.96 bits per heavy atom. The van der Waals surface area contributed by atoms with Crippen LogP contribution in [0.2, 0.25) is 0 Å². The van der Waals surface area contributed by atoms with Crippen LogP contribution >= 0.6 is 0 Å². The molecule has 240 valence electrons. The molecule has 10 heteroatoms. The molecule has 2 saturated heterocycles. The lowest BCUT2D eigenvalue weighted by atomic mass is 9.76. The van der Waals surface area contributed by atoms with Crippen molar-refractivity contribution >= 4 is 27.5 Å². The first-order valence-corrected chi connectivity index (χ1v) is 15.9. The van der Waals surface area contributed by atoms with Crippen molar-refractivity contribution in [2.75, 3.05) is 58.5 Å². The monoisotopic (exact) mass is 628 g/mol. The molecule has 3 aliphatic rings. The summed E-state index contributed by atoms with van der Waals surface area (Å²) in [5.74, 6) is 1.60. The molecule has 3 atom stereocenters. The van der Waals surface area contributed by atoms with Crippen LogP contribution in [0.3, 0.4) is 0 Å². The van der Waals surface area contributed by atoms with Crippen LogP contribution < -0.4 is 9.64 Å². The van der Waals surface area contributed by atoms with E-state index in [0.717, 1.165) is 38.6 Å². The Labute approximate surface area is 267 Å². The van der Waals surface area contributed by atoms with Crippen LogP contribution in [-0.4, -0.2) is 85.7 Å². The number of phenolic OH excluding ortho intramolecular Hbond substituents is 1. The number of benzene rings is 3. The summed E-state index contributed by atoms with van der Waals surface area (Å²) in [6, 6.07) is 9.54. The molecule has 3 aromatic carbocycles. The molecule has 4 aromatic rings. The number of piperidine rings is 1. The van der Waals surface area contributed by atoms with Crippen LogP contribution in [0.4, 0.5) is 14.6 Å². The molecular weight excluding hydrogens is 590 g/mol. The highest BCUT2D eigenvalue weighted by atomic mass is 19.1. The fourth-order valence-electron chi connectivity index (χ4n) is 7.92. The molecule has 3 fully saturated rings. The van der Waals surface area contributed by atoms with E-state index in [2.05, 4.69) is 22.9 Å². The number of ether oxygens (including phenoxy) is 3. The lowest BCUT2D eigenvalue weighted by Crippen LogP contribution is -2.50. The summed E-state index contributed by atoms with van der Waals surface area (Å²) in [4.78, 5) is 14.0. The van der Waals surface area contributed by atoms with Gasteiger partial charge in [0, 0.05) is 48.0 Å². The Balaban J connectivity index is 1.38. The number of methoxy groups -OCH3 is 1. The number of phenols is 1. The number of hydrogen-bond donors (Lipinski definition) is 1. The zero-order valence-corrected chi connectivity index (χ0v) is 26.2. The Hall–Kier alpha value is -4.04. The molecule has 0 spiro atoms. The summed E-state index contributed by atoms with van der Waals surface area (Å²) in [5.41, 5.74) is 0.457. The average molecular weight is 629 g/mol. The van der Waals surface area contributed by atoms with Gasteiger partial charge in [-0.3, -0.25) is 0 Å². The van der Waals surface area contributed by atoms with Gasteiger partial charge in [-0.2, -0.15) is 9.97 Å². The van der Waals surface area contributed by atoms with Gasteiger partial charge in [-0.25, -0.2) is 8.78 Å². The van der Waals surface area contributed by atoms with Crippen molar-refractivity contribution in [1.82, 2.24) is 14.9 Å². The van der Waals surface area contributed by atoms with Crippen molar-refractivity contribution in [3.63, 3.8) is 0 Å². The summed E-state index contributed by atoms with van der Waals surface area (Å²) in [5, 5.41) is 11.9. The van der Waals surface area contributed by atoms with E-state index in [1.54, 1.807) is 19.2 Å². The van der Waals surface area contributed by atoms with Crippen molar-refractivity contribution < 1.29 is 28.1 Å². The predicted octanol–water partition coefficient (Wildman–Crippen LogP) is 5.91. The normalized spacial score (nSPS) is 23.8. The van der Waals surface area contributed by atoms with E-state index in [9.17, 15) is 9.50 Å². The fraction of sp³-hybridized carbons (Fsp3) is 0.444. The molecule has 3 heterocycles. The maximum absolute atomic E-state index is 16.9. The van der Waals surface area contributed by atoms with E-state index in [4.69, 9.17) is 25.6 Å². The van der Waals surface area contributed by atoms with E-state index in [-0.39, 0.29) is 45.5 Å². The minimum absolute atomic E-state index is 0.000355. The zero-order chi connectivity index (χ0) is 32.0. The second-order valence-corrected chi connectivity index (χ2v) is 12.8. The van der Waals surface area contributed by atoms with Gasteiger partial charge in [-0.05, 0) is 74.5 Å². The average Bonchev–Trinajstić information content (AvgIpc) is 3.35. The van der Waals surface area contributed by atoms with Gasteiger partial charge < -0.3 is 29.1 Å². The van der Waals surface area contributed by atoms with Crippen LogP contribution in [-0.2, 0) is 9.47 Å². The lowest BCUT2D eigenvalue weighted by Gasteiger charge is -2.44. The smallest absolute Gasteiger partial charge is 0.319 e. The van der Waals surface area contributed by atoms with Crippen LogP contribution in [0.15, 0.2) is 36.4 Å². The minimum Gasteiger partial charge on any atom is -0.508 e. The maximum Gasteiger partial charge on any atom is 0.319 e. The topological polar surface area (TPSA) is 80.2 Å². The summed E-state index contributed by atoms with van der Waals surface area (Å²) in [6.45, 7) is 3.42. The number of terminal acetylenes is 1. The van der Waals surface area contributed by atoms with Gasteiger partial charge in [0.05, 0.1) is 31.5 Å². The first-order valence-electron chi connectivity index (χ1n) is 15.9. The molecule has 8 nitrogen and oxygen atoms in total. The van der Waals surface area contributed by atoms with Crippen LogP contribution in [0.25, 0.3) is 32.8 Å². The highest BCUT2D eigenvalue weighted by molar-refractivity contribution is 6.04. The van der Waals surface area contributed by atoms with Gasteiger partial charge in [0.2, 0.25) is 0 Å². The van der Waals surface area contributed by atoms with Gasteiger partial charge in [0.25, 0.3) is 0 Å². The van der Waals surface area contributed by atoms with Gasteiger partial charge >= 0.3 is 6.01 Å². The molecule has 46 heavy (non-hydrogen) atoms. The predicted molar refractivity (Wildman–Crippen MR) is 173 cm³/mol. The Bertz CT molecular complexity index is 1850. The Morgan fingerprint density at radius 1 is 1.11 bits per heavy atom. The maximum atomic E-state index is 16.9. The number of aromatic nitrogens is 2. The molecule has 0 bridgehead atoms. The number of hydrogen-bond acceptors (Lipinski definition) is 8. The Kier molecular flexibility index (Phi) is 8.17. The summed E-state index contributed by atoms with van der Waals surface area (Å²) >= 11 is 0. The highest BCUT2D eigenvalue weighted by Gasteiger charge is 2.47. The second kappa shape index (κ2) is 12.3. The molecule has 2 aliphatic heterocycles. The van der Waals surface area contributed by atoms with Crippen LogP contribution in [0.1, 0.15) is 37.7 Å². The van der Waals surface area contributed by atoms with Crippen molar-refractivity contribution in [2.45, 2.75) is 44.2 Å². The van der Waals surface area contributed by atoms with Crippen LogP contribution in [0.5, 0.6) is 11.8 Å². The van der Waals surface area contributed by atoms with E-state index < -0.39 is 11.6 Å². The molecule has 1 unspecified atom stereocenters. The number of anilines is 1. The SMILES string of the molecule is C#Cc1c(F)ccc2cc(O)cc(-c3ccc4c(N5CCOCC(OC)C5)nc(OC[C@]56CCC[C@H]5N(C)CCC6)nc4c3F)c12. The number of rotatable bonds is 6. The highest BCUT2D eigenvalue weighted by Crippen LogP contribution is 2.47. The standard InChI is InChI=1S/C36H38F2N4O4/c1-4-25-29(37)11-8-22-17-23(43)18-28(31(22)25)26-9-10-27-33(32(26)38)39-35(40-34(27)42-15-16-45-20-24(19-42)44-3)46-21-36-12-5-7-30(36)41(2)14-6-13-36/h1,8-11,17-18,24,30,43H,5-7,12-16,19-21H2,2-3H3/t24?,30-,36-/m1/s1. The molecule has 1 aromatic heterocycles. The fourth-order valence-corrected chi connectivity index (χ4v) is 7.92. The lowest BCUT2D eigenvalue weighted by molar-refractivity contribution is 0.0133. The van der Waals surface area contributed by atoms with Crippen molar-refractivity contribution in [1.29, 1.82) is 0 Å². The molecule has 0 amide bonds. The first kappa shape index (κ1) is 30.6.